The van der Waals surface area contributed by atoms with Gasteiger partial charge in [0.15, 0.2) is 6.61 Å². The zero-order chi connectivity index (χ0) is 18.4. The van der Waals surface area contributed by atoms with Gasteiger partial charge in [0, 0.05) is 6.07 Å². The van der Waals surface area contributed by atoms with Crippen LogP contribution < -0.4 is 14.8 Å². The number of carbonyl (C=O) groups is 1. The van der Waals surface area contributed by atoms with Gasteiger partial charge in [-0.1, -0.05) is 29.8 Å². The third-order valence-corrected chi connectivity index (χ3v) is 3.87. The van der Waals surface area contributed by atoms with Gasteiger partial charge in [0.05, 0.1) is 19.9 Å². The van der Waals surface area contributed by atoms with E-state index in [0.29, 0.717) is 18.1 Å². The predicted octanol–water partition coefficient (Wildman–Crippen LogP) is 3.27. The molecule has 0 aliphatic heterocycles. The molecule has 3 aromatic rings. The van der Waals surface area contributed by atoms with E-state index in [-0.39, 0.29) is 12.5 Å². The zero-order valence-electron chi connectivity index (χ0n) is 14.8. The maximum atomic E-state index is 12.1. The SMILES string of the molecule is COc1ccc(Cn2nccc2NC(=O)COc2ccc(C)cc2)cc1. The van der Waals surface area contributed by atoms with Gasteiger partial charge in [-0.25, -0.2) is 4.68 Å². The smallest absolute Gasteiger partial charge is 0.263 e. The van der Waals surface area contributed by atoms with Gasteiger partial charge in [-0.3, -0.25) is 4.79 Å². The molecule has 6 nitrogen and oxygen atoms in total. The van der Waals surface area contributed by atoms with Crippen molar-refractivity contribution in [3.05, 3.63) is 71.9 Å². The van der Waals surface area contributed by atoms with E-state index in [9.17, 15) is 4.79 Å². The number of aromatic nitrogens is 2. The number of hydrogen-bond acceptors (Lipinski definition) is 4. The van der Waals surface area contributed by atoms with Crippen molar-refractivity contribution in [3.63, 3.8) is 0 Å². The Kier molecular flexibility index (Phi) is 5.53. The van der Waals surface area contributed by atoms with Gasteiger partial charge >= 0.3 is 0 Å². The number of nitrogens with zero attached hydrogens (tertiary/aromatic N) is 2. The van der Waals surface area contributed by atoms with Crippen molar-refractivity contribution in [2.24, 2.45) is 0 Å². The molecule has 0 aliphatic rings. The van der Waals surface area contributed by atoms with Gasteiger partial charge in [-0.15, -0.1) is 0 Å². The molecule has 1 heterocycles. The molecule has 1 aromatic heterocycles. The summed E-state index contributed by atoms with van der Waals surface area (Å²) in [5.74, 6) is 1.86. The first-order valence-corrected chi connectivity index (χ1v) is 8.28. The number of ether oxygens (including phenoxy) is 2. The Morgan fingerprint density at radius 3 is 2.42 bits per heavy atom. The standard InChI is InChI=1S/C20H21N3O3/c1-15-3-7-18(8-4-15)26-14-20(24)22-19-11-12-21-23(19)13-16-5-9-17(25-2)10-6-16/h3-12H,13-14H2,1-2H3,(H,22,24). The van der Waals surface area contributed by atoms with Crippen molar-refractivity contribution in [1.29, 1.82) is 0 Å². The van der Waals surface area contributed by atoms with Crippen LogP contribution in [0.5, 0.6) is 11.5 Å². The lowest BCUT2D eigenvalue weighted by molar-refractivity contribution is -0.118. The molecule has 2 aromatic carbocycles. The summed E-state index contributed by atoms with van der Waals surface area (Å²) in [4.78, 5) is 12.1. The molecule has 0 fully saturated rings. The lowest BCUT2D eigenvalue weighted by atomic mass is 10.2. The van der Waals surface area contributed by atoms with Crippen LogP contribution in [0.2, 0.25) is 0 Å². The highest BCUT2D eigenvalue weighted by Crippen LogP contribution is 2.15. The summed E-state index contributed by atoms with van der Waals surface area (Å²) in [6.45, 7) is 2.49. The molecule has 6 heteroatoms. The van der Waals surface area contributed by atoms with E-state index >= 15 is 0 Å². The van der Waals surface area contributed by atoms with Crippen molar-refractivity contribution in [2.45, 2.75) is 13.5 Å². The maximum Gasteiger partial charge on any atom is 0.263 e. The first kappa shape index (κ1) is 17.5. The summed E-state index contributed by atoms with van der Waals surface area (Å²) in [5.41, 5.74) is 2.20. The fourth-order valence-electron chi connectivity index (χ4n) is 2.43. The summed E-state index contributed by atoms with van der Waals surface area (Å²) in [5, 5.41) is 7.09. The van der Waals surface area contributed by atoms with Crippen molar-refractivity contribution >= 4 is 11.7 Å². The van der Waals surface area contributed by atoms with Crippen molar-refractivity contribution in [2.75, 3.05) is 19.0 Å². The Bertz CT molecular complexity index is 855. The molecule has 0 atom stereocenters. The van der Waals surface area contributed by atoms with Crippen LogP contribution in [0.15, 0.2) is 60.8 Å². The average molecular weight is 351 g/mol. The quantitative estimate of drug-likeness (QED) is 0.709. The highest BCUT2D eigenvalue weighted by atomic mass is 16.5. The number of hydrogen-bond donors (Lipinski definition) is 1. The molecule has 26 heavy (non-hydrogen) atoms. The molecule has 0 unspecified atom stereocenters. The van der Waals surface area contributed by atoms with E-state index in [1.165, 1.54) is 0 Å². The highest BCUT2D eigenvalue weighted by Gasteiger charge is 2.09. The van der Waals surface area contributed by atoms with Crippen LogP contribution in [-0.2, 0) is 11.3 Å². The third-order valence-electron chi connectivity index (χ3n) is 3.87. The van der Waals surface area contributed by atoms with Crippen LogP contribution >= 0.6 is 0 Å². The average Bonchev–Trinajstić information content (AvgIpc) is 3.08. The van der Waals surface area contributed by atoms with E-state index in [4.69, 9.17) is 9.47 Å². The molecular weight excluding hydrogens is 330 g/mol. The summed E-state index contributed by atoms with van der Waals surface area (Å²) >= 11 is 0. The molecular formula is C20H21N3O3. The minimum absolute atomic E-state index is 0.0588. The molecule has 1 amide bonds. The van der Waals surface area contributed by atoms with E-state index in [2.05, 4.69) is 10.4 Å². The number of carbonyl (C=O) groups excluding carboxylic acids is 1. The van der Waals surface area contributed by atoms with Crippen LogP contribution in [0, 0.1) is 6.92 Å². The van der Waals surface area contributed by atoms with Crippen molar-refractivity contribution < 1.29 is 14.3 Å². The van der Waals surface area contributed by atoms with E-state index in [1.54, 1.807) is 24.1 Å². The number of rotatable bonds is 7. The normalized spacial score (nSPS) is 10.4. The minimum atomic E-state index is -0.234. The molecule has 0 saturated heterocycles. The second kappa shape index (κ2) is 8.20. The molecule has 3 rings (SSSR count). The maximum absolute atomic E-state index is 12.1. The van der Waals surface area contributed by atoms with Gasteiger partial charge in [0.2, 0.25) is 0 Å². The number of benzene rings is 2. The second-order valence-electron chi connectivity index (χ2n) is 5.87. The van der Waals surface area contributed by atoms with Crippen LogP contribution in [0.3, 0.4) is 0 Å². The van der Waals surface area contributed by atoms with Gasteiger partial charge in [0.25, 0.3) is 5.91 Å². The highest BCUT2D eigenvalue weighted by molar-refractivity contribution is 5.91. The number of amides is 1. The zero-order valence-corrected chi connectivity index (χ0v) is 14.8. The second-order valence-corrected chi connectivity index (χ2v) is 5.87. The minimum Gasteiger partial charge on any atom is -0.497 e. The molecule has 0 radical (unpaired) electrons. The van der Waals surface area contributed by atoms with E-state index in [1.807, 2.05) is 55.5 Å². The fourth-order valence-corrected chi connectivity index (χ4v) is 2.43. The van der Waals surface area contributed by atoms with E-state index in [0.717, 1.165) is 16.9 Å². The summed E-state index contributed by atoms with van der Waals surface area (Å²) in [7, 11) is 1.63. The molecule has 0 bridgehead atoms. The number of anilines is 1. The molecule has 0 saturated carbocycles. The van der Waals surface area contributed by atoms with Crippen molar-refractivity contribution in [1.82, 2.24) is 9.78 Å². The van der Waals surface area contributed by atoms with Crippen LogP contribution in [0.4, 0.5) is 5.82 Å². The Labute approximate surface area is 152 Å². The third kappa shape index (κ3) is 4.63. The molecule has 134 valence electrons. The largest absolute Gasteiger partial charge is 0.497 e. The van der Waals surface area contributed by atoms with Gasteiger partial charge in [-0.05, 0) is 36.8 Å². The Morgan fingerprint density at radius 1 is 1.04 bits per heavy atom. The van der Waals surface area contributed by atoms with Gasteiger partial charge < -0.3 is 14.8 Å². The van der Waals surface area contributed by atoms with Gasteiger partial charge in [0.1, 0.15) is 17.3 Å². The lowest BCUT2D eigenvalue weighted by Gasteiger charge is -2.10. The Balaban J connectivity index is 1.57. The summed E-state index contributed by atoms with van der Waals surface area (Å²) < 4.78 is 12.4. The first-order valence-electron chi connectivity index (χ1n) is 8.28. The predicted molar refractivity (Wildman–Crippen MR) is 99.6 cm³/mol. The molecule has 0 aliphatic carbocycles. The van der Waals surface area contributed by atoms with Crippen LogP contribution in [0.1, 0.15) is 11.1 Å². The Morgan fingerprint density at radius 2 is 1.73 bits per heavy atom. The molecule has 1 N–H and O–H groups in total. The number of aryl methyl sites for hydroxylation is 1. The first-order chi connectivity index (χ1) is 12.6. The number of methoxy groups -OCH3 is 1. The lowest BCUT2D eigenvalue weighted by Crippen LogP contribution is -2.22. The van der Waals surface area contributed by atoms with Gasteiger partial charge in [-0.2, -0.15) is 5.10 Å². The fraction of sp³-hybridized carbons (Fsp3) is 0.200. The Hall–Kier alpha value is -3.28. The summed E-state index contributed by atoms with van der Waals surface area (Å²) in [6, 6.07) is 17.0. The topological polar surface area (TPSA) is 65.4 Å². The van der Waals surface area contributed by atoms with Crippen LogP contribution in [-0.4, -0.2) is 29.4 Å². The van der Waals surface area contributed by atoms with E-state index < -0.39 is 0 Å². The molecule has 0 spiro atoms. The van der Waals surface area contributed by atoms with Crippen LogP contribution in [0.25, 0.3) is 0 Å². The van der Waals surface area contributed by atoms with Crippen molar-refractivity contribution in [3.8, 4) is 11.5 Å². The number of nitrogens with one attached hydrogen (secondary N) is 1. The summed E-state index contributed by atoms with van der Waals surface area (Å²) in [6.07, 6.45) is 1.65. The monoisotopic (exact) mass is 351 g/mol.